The van der Waals surface area contributed by atoms with Crippen molar-refractivity contribution in [2.24, 2.45) is 0 Å². The van der Waals surface area contributed by atoms with Gasteiger partial charge in [-0.3, -0.25) is 4.90 Å². The normalized spacial score (nSPS) is 15.8. The van der Waals surface area contributed by atoms with Crippen molar-refractivity contribution in [3.63, 3.8) is 0 Å². The summed E-state index contributed by atoms with van der Waals surface area (Å²) in [5, 5.41) is 8.39. The molecule has 0 saturated heterocycles. The van der Waals surface area contributed by atoms with E-state index in [1.54, 1.807) is 7.11 Å². The highest BCUT2D eigenvalue weighted by Gasteiger charge is 2.35. The van der Waals surface area contributed by atoms with Gasteiger partial charge in [0.25, 0.3) is 5.89 Å². The standard InChI is InChI=1S/C28H26N4O2S/c1-17-8-12-20(13-9-17)26-30-27(34-31-26)24-19(3)32(22-14-10-18(2)11-15-22)28(35)29-25(24)21-6-5-7-23(16-21)33-4/h5-16,25H,1-4H3,(H,29,35). The van der Waals surface area contributed by atoms with E-state index < -0.39 is 0 Å². The molecule has 3 aromatic carbocycles. The molecule has 1 aliphatic heterocycles. The molecule has 0 saturated carbocycles. The molecule has 0 radical (unpaired) electrons. The second-order valence-electron chi connectivity index (χ2n) is 8.62. The Hall–Kier alpha value is -3.97. The Balaban J connectivity index is 1.65. The zero-order chi connectivity index (χ0) is 24.5. The molecule has 1 aromatic heterocycles. The third-order valence-corrected chi connectivity index (χ3v) is 6.47. The Kier molecular flexibility index (Phi) is 6.09. The number of nitrogens with one attached hydrogen (secondary N) is 1. The molecule has 1 atom stereocenters. The van der Waals surface area contributed by atoms with Crippen molar-refractivity contribution in [1.82, 2.24) is 15.5 Å². The Morgan fingerprint density at radius 1 is 0.943 bits per heavy atom. The van der Waals surface area contributed by atoms with Gasteiger partial charge in [-0.15, -0.1) is 0 Å². The van der Waals surface area contributed by atoms with E-state index in [1.807, 2.05) is 60.4 Å². The summed E-state index contributed by atoms with van der Waals surface area (Å²) in [7, 11) is 1.66. The first-order valence-corrected chi connectivity index (χ1v) is 11.8. The van der Waals surface area contributed by atoms with Gasteiger partial charge in [0.15, 0.2) is 5.11 Å². The van der Waals surface area contributed by atoms with Gasteiger partial charge in [-0.1, -0.05) is 64.8 Å². The number of ether oxygens (including phenoxy) is 1. The molecule has 0 aliphatic carbocycles. The first kappa shape index (κ1) is 22.8. The van der Waals surface area contributed by atoms with E-state index in [9.17, 15) is 0 Å². The van der Waals surface area contributed by atoms with Crippen LogP contribution < -0.4 is 15.0 Å². The average molecular weight is 483 g/mol. The van der Waals surface area contributed by atoms with E-state index >= 15 is 0 Å². The topological polar surface area (TPSA) is 63.4 Å². The summed E-state index contributed by atoms with van der Waals surface area (Å²) in [5.41, 5.74) is 6.98. The molecule has 7 heteroatoms. The number of anilines is 1. The molecule has 5 rings (SSSR count). The van der Waals surface area contributed by atoms with Crippen LogP contribution >= 0.6 is 12.2 Å². The lowest BCUT2D eigenvalue weighted by atomic mass is 9.94. The quantitative estimate of drug-likeness (QED) is 0.338. The van der Waals surface area contributed by atoms with Gasteiger partial charge >= 0.3 is 0 Å². The summed E-state index contributed by atoms with van der Waals surface area (Å²) >= 11 is 5.84. The van der Waals surface area contributed by atoms with E-state index in [-0.39, 0.29) is 6.04 Å². The second-order valence-corrected chi connectivity index (χ2v) is 9.01. The number of nitrogens with zero attached hydrogens (tertiary/aromatic N) is 3. The number of aryl methyl sites for hydroxylation is 2. The lowest BCUT2D eigenvalue weighted by Crippen LogP contribution is -2.46. The van der Waals surface area contributed by atoms with Crippen LogP contribution in [0.25, 0.3) is 17.0 Å². The molecule has 1 aliphatic rings. The fourth-order valence-corrected chi connectivity index (χ4v) is 4.61. The fourth-order valence-electron chi connectivity index (χ4n) is 4.25. The van der Waals surface area contributed by atoms with Crippen LogP contribution in [0.1, 0.15) is 35.5 Å². The summed E-state index contributed by atoms with van der Waals surface area (Å²) in [6.45, 7) is 6.15. The molecule has 1 N–H and O–H groups in total. The third-order valence-electron chi connectivity index (χ3n) is 6.17. The lowest BCUT2D eigenvalue weighted by Gasteiger charge is -2.37. The monoisotopic (exact) mass is 482 g/mol. The van der Waals surface area contributed by atoms with Crippen LogP contribution in [0.2, 0.25) is 0 Å². The van der Waals surface area contributed by atoms with Gasteiger partial charge < -0.3 is 14.6 Å². The zero-order valence-electron chi connectivity index (χ0n) is 20.1. The summed E-state index contributed by atoms with van der Waals surface area (Å²) in [6, 6.07) is 23.9. The van der Waals surface area contributed by atoms with Gasteiger partial charge in [0, 0.05) is 16.9 Å². The number of thiocarbonyl (C=S) groups is 1. The van der Waals surface area contributed by atoms with Crippen molar-refractivity contribution in [2.75, 3.05) is 12.0 Å². The van der Waals surface area contributed by atoms with Crippen LogP contribution in [0.4, 0.5) is 5.69 Å². The summed E-state index contributed by atoms with van der Waals surface area (Å²) in [4.78, 5) is 6.80. The number of hydrogen-bond acceptors (Lipinski definition) is 5. The molecular weight excluding hydrogens is 456 g/mol. The SMILES string of the molecule is COc1cccc(C2NC(=S)N(c3ccc(C)cc3)C(C)=C2c2nc(-c3ccc(C)cc3)no2)c1. The number of aromatic nitrogens is 2. The number of methoxy groups -OCH3 is 1. The Morgan fingerprint density at radius 2 is 1.63 bits per heavy atom. The van der Waals surface area contributed by atoms with Crippen molar-refractivity contribution in [1.29, 1.82) is 0 Å². The fraction of sp³-hybridized carbons (Fsp3) is 0.179. The molecule has 4 aromatic rings. The average Bonchev–Trinajstić information content (AvgIpc) is 3.35. The predicted octanol–water partition coefficient (Wildman–Crippen LogP) is 6.23. The first-order chi connectivity index (χ1) is 16.9. The summed E-state index contributed by atoms with van der Waals surface area (Å²) in [5.74, 6) is 1.75. The molecule has 1 unspecified atom stereocenters. The molecule has 2 heterocycles. The van der Waals surface area contributed by atoms with Crippen LogP contribution in [-0.4, -0.2) is 22.4 Å². The molecule has 35 heavy (non-hydrogen) atoms. The minimum atomic E-state index is -0.286. The maximum Gasteiger partial charge on any atom is 0.258 e. The molecule has 0 bridgehead atoms. The minimum absolute atomic E-state index is 0.286. The van der Waals surface area contributed by atoms with Gasteiger partial charge in [0.2, 0.25) is 5.82 Å². The van der Waals surface area contributed by atoms with Crippen molar-refractivity contribution in [2.45, 2.75) is 26.8 Å². The van der Waals surface area contributed by atoms with Crippen LogP contribution in [0.3, 0.4) is 0 Å². The van der Waals surface area contributed by atoms with Gasteiger partial charge in [0.05, 0.1) is 18.7 Å². The molecule has 0 spiro atoms. The maximum absolute atomic E-state index is 5.85. The zero-order valence-corrected chi connectivity index (χ0v) is 20.9. The largest absolute Gasteiger partial charge is 0.497 e. The Labute approximate surface area is 210 Å². The number of allylic oxidation sites excluding steroid dienone is 1. The highest BCUT2D eigenvalue weighted by Crippen LogP contribution is 2.39. The summed E-state index contributed by atoms with van der Waals surface area (Å²) in [6.07, 6.45) is 0. The number of benzene rings is 3. The summed E-state index contributed by atoms with van der Waals surface area (Å²) < 4.78 is 11.3. The van der Waals surface area contributed by atoms with Gasteiger partial charge in [-0.2, -0.15) is 4.98 Å². The third kappa shape index (κ3) is 4.42. The van der Waals surface area contributed by atoms with Crippen molar-refractivity contribution in [3.05, 3.63) is 101 Å². The second kappa shape index (κ2) is 9.35. The van der Waals surface area contributed by atoms with Crippen LogP contribution in [0.15, 0.2) is 83.0 Å². The highest BCUT2D eigenvalue weighted by atomic mass is 32.1. The van der Waals surface area contributed by atoms with Gasteiger partial charge in [-0.05, 0) is 62.8 Å². The number of hydrogen-bond donors (Lipinski definition) is 1. The maximum atomic E-state index is 5.85. The van der Waals surface area contributed by atoms with Gasteiger partial charge in [-0.25, -0.2) is 0 Å². The van der Waals surface area contributed by atoms with Crippen LogP contribution in [-0.2, 0) is 0 Å². The van der Waals surface area contributed by atoms with E-state index in [1.165, 1.54) is 11.1 Å². The molecule has 6 nitrogen and oxygen atoms in total. The predicted molar refractivity (Wildman–Crippen MR) is 142 cm³/mol. The highest BCUT2D eigenvalue weighted by molar-refractivity contribution is 7.80. The van der Waals surface area contributed by atoms with Crippen LogP contribution in [0.5, 0.6) is 5.75 Å². The Morgan fingerprint density at radius 3 is 2.31 bits per heavy atom. The molecule has 0 fully saturated rings. The molecule has 176 valence electrons. The first-order valence-electron chi connectivity index (χ1n) is 11.4. The molecule has 0 amide bonds. The van der Waals surface area contributed by atoms with Crippen LogP contribution in [0, 0.1) is 13.8 Å². The smallest absolute Gasteiger partial charge is 0.258 e. The lowest BCUT2D eigenvalue weighted by molar-refractivity contribution is 0.403. The molecular formula is C28H26N4O2S. The van der Waals surface area contributed by atoms with Crippen molar-refractivity contribution in [3.8, 4) is 17.1 Å². The van der Waals surface area contributed by atoms with E-state index in [4.69, 9.17) is 26.5 Å². The minimum Gasteiger partial charge on any atom is -0.497 e. The van der Waals surface area contributed by atoms with E-state index in [0.29, 0.717) is 16.8 Å². The number of rotatable bonds is 5. The van der Waals surface area contributed by atoms with E-state index in [2.05, 4.69) is 48.6 Å². The van der Waals surface area contributed by atoms with Crippen molar-refractivity contribution >= 4 is 28.6 Å². The van der Waals surface area contributed by atoms with E-state index in [0.717, 1.165) is 33.8 Å². The van der Waals surface area contributed by atoms with Gasteiger partial charge in [0.1, 0.15) is 5.75 Å². The Bertz CT molecular complexity index is 1410. The van der Waals surface area contributed by atoms with Crippen molar-refractivity contribution < 1.29 is 9.26 Å².